The monoisotopic (exact) mass is 273 g/mol. The van der Waals surface area contributed by atoms with E-state index in [4.69, 9.17) is 4.42 Å². The second kappa shape index (κ2) is 5.34. The molecule has 1 fully saturated rings. The molecule has 1 aliphatic heterocycles. The predicted octanol–water partition coefficient (Wildman–Crippen LogP) is 2.08. The summed E-state index contributed by atoms with van der Waals surface area (Å²) in [6.07, 6.45) is 1.84. The van der Waals surface area contributed by atoms with E-state index in [0.717, 1.165) is 24.9 Å². The normalized spacial score (nSPS) is 23.9. The lowest BCUT2D eigenvalue weighted by molar-refractivity contribution is -0.0202. The highest BCUT2D eigenvalue weighted by atomic mass is 16.4. The zero-order valence-electron chi connectivity index (χ0n) is 11.6. The van der Waals surface area contributed by atoms with Crippen LogP contribution in [0.3, 0.4) is 0 Å². The van der Waals surface area contributed by atoms with Gasteiger partial charge in [0.1, 0.15) is 0 Å². The minimum absolute atomic E-state index is 0.546. The van der Waals surface area contributed by atoms with Gasteiger partial charge in [-0.1, -0.05) is 18.2 Å². The van der Waals surface area contributed by atoms with Crippen LogP contribution in [0.1, 0.15) is 25.7 Å². The number of nitrogens with zero attached hydrogens (tertiary/aromatic N) is 3. The molecule has 5 heteroatoms. The summed E-state index contributed by atoms with van der Waals surface area (Å²) in [4.78, 5) is 2.16. The van der Waals surface area contributed by atoms with Gasteiger partial charge in [-0.2, -0.15) is 0 Å². The summed E-state index contributed by atoms with van der Waals surface area (Å²) in [6.45, 7) is 4.08. The number of likely N-dealkylation sites (tertiary alicyclic amines) is 1. The Labute approximate surface area is 118 Å². The van der Waals surface area contributed by atoms with Crippen molar-refractivity contribution in [3.8, 4) is 11.5 Å². The van der Waals surface area contributed by atoms with Gasteiger partial charge < -0.3 is 9.52 Å². The Kier molecular flexibility index (Phi) is 3.54. The van der Waals surface area contributed by atoms with Gasteiger partial charge in [-0.25, -0.2) is 0 Å². The summed E-state index contributed by atoms with van der Waals surface area (Å²) in [5, 5.41) is 18.3. The molecule has 0 bridgehead atoms. The fourth-order valence-corrected chi connectivity index (χ4v) is 2.66. The molecule has 1 atom stereocenters. The fraction of sp³-hybridized carbons (Fsp3) is 0.467. The van der Waals surface area contributed by atoms with Crippen LogP contribution in [0.5, 0.6) is 0 Å². The van der Waals surface area contributed by atoms with Crippen molar-refractivity contribution in [3.63, 3.8) is 0 Å². The molecule has 1 aromatic heterocycles. The van der Waals surface area contributed by atoms with Gasteiger partial charge in [-0.15, -0.1) is 10.2 Å². The van der Waals surface area contributed by atoms with E-state index in [9.17, 15) is 5.11 Å². The molecule has 2 aromatic rings. The molecule has 0 aliphatic carbocycles. The van der Waals surface area contributed by atoms with E-state index in [1.807, 2.05) is 37.3 Å². The van der Waals surface area contributed by atoms with Gasteiger partial charge >= 0.3 is 0 Å². The Hall–Kier alpha value is -1.72. The van der Waals surface area contributed by atoms with Gasteiger partial charge in [-0.3, -0.25) is 4.90 Å². The second-order valence-electron chi connectivity index (χ2n) is 5.68. The molecule has 0 spiro atoms. The quantitative estimate of drug-likeness (QED) is 0.927. The van der Waals surface area contributed by atoms with Crippen LogP contribution in [0.15, 0.2) is 34.7 Å². The lowest BCUT2D eigenvalue weighted by Gasteiger charge is -2.35. The maximum absolute atomic E-state index is 10.1. The summed E-state index contributed by atoms with van der Waals surface area (Å²) in [7, 11) is 0. The first kappa shape index (κ1) is 13.3. The Morgan fingerprint density at radius 3 is 2.85 bits per heavy atom. The molecular weight excluding hydrogens is 254 g/mol. The van der Waals surface area contributed by atoms with Crippen LogP contribution in [0.4, 0.5) is 0 Å². The number of hydrogen-bond donors (Lipinski definition) is 1. The van der Waals surface area contributed by atoms with Crippen molar-refractivity contribution in [3.05, 3.63) is 36.2 Å². The van der Waals surface area contributed by atoms with Crippen molar-refractivity contribution in [2.45, 2.75) is 31.9 Å². The largest absolute Gasteiger partial charge is 0.419 e. The van der Waals surface area contributed by atoms with Crippen LogP contribution >= 0.6 is 0 Å². The van der Waals surface area contributed by atoms with E-state index in [2.05, 4.69) is 15.1 Å². The minimum Gasteiger partial charge on any atom is -0.419 e. The third kappa shape index (κ3) is 3.05. The molecule has 1 saturated heterocycles. The molecule has 1 aromatic carbocycles. The van der Waals surface area contributed by atoms with E-state index in [1.165, 1.54) is 0 Å². The van der Waals surface area contributed by atoms with Gasteiger partial charge in [0.25, 0.3) is 0 Å². The van der Waals surface area contributed by atoms with Gasteiger partial charge in [-0.05, 0) is 38.4 Å². The summed E-state index contributed by atoms with van der Waals surface area (Å²) >= 11 is 0. The molecule has 0 amide bonds. The van der Waals surface area contributed by atoms with Crippen molar-refractivity contribution in [2.75, 3.05) is 13.1 Å². The van der Waals surface area contributed by atoms with Crippen molar-refractivity contribution in [1.82, 2.24) is 15.1 Å². The first-order chi connectivity index (χ1) is 9.62. The number of β-amino-alcohol motifs (C(OH)–C–C–N with tert-alkyl or cyclic N) is 1. The van der Waals surface area contributed by atoms with Gasteiger partial charge in [0.2, 0.25) is 11.8 Å². The van der Waals surface area contributed by atoms with Crippen LogP contribution in [0, 0.1) is 0 Å². The predicted molar refractivity (Wildman–Crippen MR) is 74.9 cm³/mol. The third-order valence-electron chi connectivity index (χ3n) is 3.60. The zero-order chi connectivity index (χ0) is 14.0. The molecule has 5 nitrogen and oxygen atoms in total. The fourth-order valence-electron chi connectivity index (χ4n) is 2.66. The topological polar surface area (TPSA) is 62.4 Å². The van der Waals surface area contributed by atoms with Crippen molar-refractivity contribution in [2.24, 2.45) is 0 Å². The number of piperidine rings is 1. The number of aliphatic hydroxyl groups is 1. The lowest BCUT2D eigenvalue weighted by atomic mass is 9.95. The molecular formula is C15H19N3O2. The summed E-state index contributed by atoms with van der Waals surface area (Å²) < 4.78 is 5.70. The van der Waals surface area contributed by atoms with Crippen LogP contribution < -0.4 is 0 Å². The first-order valence-electron chi connectivity index (χ1n) is 6.95. The first-order valence-corrected chi connectivity index (χ1v) is 6.95. The number of hydrogen-bond acceptors (Lipinski definition) is 5. The molecule has 2 heterocycles. The molecule has 1 unspecified atom stereocenters. The summed E-state index contributed by atoms with van der Waals surface area (Å²) in [6, 6.07) is 9.74. The van der Waals surface area contributed by atoms with Gasteiger partial charge in [0.05, 0.1) is 12.1 Å². The molecule has 20 heavy (non-hydrogen) atoms. The Bertz CT molecular complexity index is 566. The Morgan fingerprint density at radius 2 is 2.10 bits per heavy atom. The highest BCUT2D eigenvalue weighted by Crippen LogP contribution is 2.23. The Balaban J connectivity index is 1.69. The van der Waals surface area contributed by atoms with Crippen LogP contribution in [0.25, 0.3) is 11.5 Å². The molecule has 1 aliphatic rings. The number of aromatic nitrogens is 2. The average Bonchev–Trinajstić information content (AvgIpc) is 2.87. The van der Waals surface area contributed by atoms with E-state index in [-0.39, 0.29) is 0 Å². The standard InChI is InChI=1S/C15H19N3O2/c1-15(19)8-5-9-18(11-15)10-13-16-17-14(20-13)12-6-3-2-4-7-12/h2-4,6-7,19H,5,8-11H2,1H3. The maximum atomic E-state index is 10.1. The van der Waals surface area contributed by atoms with Crippen molar-refractivity contribution < 1.29 is 9.52 Å². The van der Waals surface area contributed by atoms with Gasteiger partial charge in [0, 0.05) is 12.1 Å². The smallest absolute Gasteiger partial charge is 0.247 e. The van der Waals surface area contributed by atoms with Gasteiger partial charge in [0.15, 0.2) is 0 Å². The van der Waals surface area contributed by atoms with Crippen molar-refractivity contribution >= 4 is 0 Å². The van der Waals surface area contributed by atoms with E-state index in [1.54, 1.807) is 0 Å². The Morgan fingerprint density at radius 1 is 1.30 bits per heavy atom. The second-order valence-corrected chi connectivity index (χ2v) is 5.68. The SMILES string of the molecule is CC1(O)CCCN(Cc2nnc(-c3ccccc3)o2)C1. The summed E-state index contributed by atoms with van der Waals surface area (Å²) in [5.41, 5.74) is 0.317. The van der Waals surface area contributed by atoms with E-state index < -0.39 is 5.60 Å². The summed E-state index contributed by atoms with van der Waals surface area (Å²) in [5.74, 6) is 1.14. The average molecular weight is 273 g/mol. The van der Waals surface area contributed by atoms with Crippen LogP contribution in [0.2, 0.25) is 0 Å². The minimum atomic E-state index is -0.611. The van der Waals surface area contributed by atoms with Crippen molar-refractivity contribution in [1.29, 1.82) is 0 Å². The molecule has 106 valence electrons. The molecule has 0 saturated carbocycles. The highest BCUT2D eigenvalue weighted by molar-refractivity contribution is 5.51. The third-order valence-corrected chi connectivity index (χ3v) is 3.60. The number of benzene rings is 1. The highest BCUT2D eigenvalue weighted by Gasteiger charge is 2.29. The van der Waals surface area contributed by atoms with E-state index >= 15 is 0 Å². The van der Waals surface area contributed by atoms with Crippen LogP contribution in [-0.2, 0) is 6.54 Å². The zero-order valence-corrected chi connectivity index (χ0v) is 11.6. The lowest BCUT2D eigenvalue weighted by Crippen LogP contribution is -2.45. The maximum Gasteiger partial charge on any atom is 0.247 e. The number of rotatable bonds is 3. The van der Waals surface area contributed by atoms with E-state index in [0.29, 0.717) is 24.9 Å². The van der Waals surface area contributed by atoms with Crippen LogP contribution in [-0.4, -0.2) is 38.9 Å². The molecule has 1 N–H and O–H groups in total. The molecule has 0 radical (unpaired) electrons. The molecule has 3 rings (SSSR count).